The van der Waals surface area contributed by atoms with Crippen molar-refractivity contribution in [1.29, 1.82) is 0 Å². The van der Waals surface area contributed by atoms with E-state index in [1.165, 1.54) is 24.3 Å². The predicted octanol–water partition coefficient (Wildman–Crippen LogP) is 5.22. The number of anilines is 1. The van der Waals surface area contributed by atoms with Gasteiger partial charge in [-0.05, 0) is 54.4 Å². The molecule has 9 heteroatoms. The summed E-state index contributed by atoms with van der Waals surface area (Å²) in [5.41, 5.74) is 0.926. The average Bonchev–Trinajstić information content (AvgIpc) is 2.74. The number of amides is 1. The Morgan fingerprint density at radius 3 is 2.23 bits per heavy atom. The molecule has 0 fully saturated rings. The Kier molecular flexibility index (Phi) is 7.99. The van der Waals surface area contributed by atoms with Gasteiger partial charge in [-0.3, -0.25) is 4.79 Å². The van der Waals surface area contributed by atoms with Gasteiger partial charge in [-0.2, -0.15) is 4.31 Å². The highest BCUT2D eigenvalue weighted by Gasteiger charge is 2.27. The zero-order chi connectivity index (χ0) is 22.4. The van der Waals surface area contributed by atoms with E-state index in [0.29, 0.717) is 10.9 Å². The fourth-order valence-corrected chi connectivity index (χ4v) is 4.87. The standard InChI is InChI=1S/C22H19Br2FN2O3S/c23-17-6-9-19(10-7-17)31(29,30)27(13-12-16-4-2-1-3-5-16)15-22(28)26-21-11-8-18(24)14-20(21)25/h1-11,14H,12-13,15H2,(H,26,28). The Hall–Kier alpha value is -2.07. The van der Waals surface area contributed by atoms with Crippen molar-refractivity contribution < 1.29 is 17.6 Å². The lowest BCUT2D eigenvalue weighted by Crippen LogP contribution is -2.39. The van der Waals surface area contributed by atoms with E-state index in [2.05, 4.69) is 37.2 Å². The molecule has 0 bridgehead atoms. The van der Waals surface area contributed by atoms with E-state index in [-0.39, 0.29) is 17.1 Å². The van der Waals surface area contributed by atoms with Crippen LogP contribution < -0.4 is 5.32 Å². The van der Waals surface area contributed by atoms with E-state index in [1.54, 1.807) is 18.2 Å². The van der Waals surface area contributed by atoms with E-state index in [0.717, 1.165) is 14.3 Å². The van der Waals surface area contributed by atoms with Gasteiger partial charge in [0.15, 0.2) is 0 Å². The molecule has 31 heavy (non-hydrogen) atoms. The molecule has 0 radical (unpaired) electrons. The lowest BCUT2D eigenvalue weighted by atomic mass is 10.1. The predicted molar refractivity (Wildman–Crippen MR) is 126 cm³/mol. The fraction of sp³-hybridized carbons (Fsp3) is 0.136. The van der Waals surface area contributed by atoms with Crippen LogP contribution in [0, 0.1) is 5.82 Å². The number of hydrogen-bond donors (Lipinski definition) is 1. The first-order valence-electron chi connectivity index (χ1n) is 9.30. The zero-order valence-electron chi connectivity index (χ0n) is 16.3. The number of rotatable bonds is 8. The molecule has 0 atom stereocenters. The third kappa shape index (κ3) is 6.46. The van der Waals surface area contributed by atoms with E-state index in [9.17, 15) is 17.6 Å². The van der Waals surface area contributed by atoms with Crippen molar-refractivity contribution in [2.75, 3.05) is 18.4 Å². The van der Waals surface area contributed by atoms with E-state index < -0.39 is 28.3 Å². The van der Waals surface area contributed by atoms with Gasteiger partial charge < -0.3 is 5.32 Å². The highest BCUT2D eigenvalue weighted by Crippen LogP contribution is 2.21. The molecule has 0 saturated carbocycles. The summed E-state index contributed by atoms with van der Waals surface area (Å²) in [4.78, 5) is 12.7. The molecule has 1 N–H and O–H groups in total. The molecule has 3 aromatic rings. The van der Waals surface area contributed by atoms with E-state index >= 15 is 0 Å². The summed E-state index contributed by atoms with van der Waals surface area (Å²) in [5, 5.41) is 2.45. The Bertz CT molecular complexity index is 1160. The van der Waals surface area contributed by atoms with Crippen LogP contribution in [-0.4, -0.2) is 31.7 Å². The maximum atomic E-state index is 14.1. The molecule has 1 amide bonds. The maximum absolute atomic E-state index is 14.1. The third-order valence-corrected chi connectivity index (χ3v) is 7.35. The number of nitrogens with zero attached hydrogens (tertiary/aromatic N) is 1. The first-order chi connectivity index (χ1) is 14.8. The van der Waals surface area contributed by atoms with Crippen LogP contribution in [0.1, 0.15) is 5.56 Å². The van der Waals surface area contributed by atoms with Crippen molar-refractivity contribution in [3.63, 3.8) is 0 Å². The summed E-state index contributed by atoms with van der Waals surface area (Å²) < 4.78 is 42.9. The van der Waals surface area contributed by atoms with Gasteiger partial charge in [0.05, 0.1) is 17.1 Å². The van der Waals surface area contributed by atoms with Crippen molar-refractivity contribution in [3.8, 4) is 0 Å². The molecule has 0 spiro atoms. The zero-order valence-corrected chi connectivity index (χ0v) is 20.3. The van der Waals surface area contributed by atoms with Crippen LogP contribution in [0.4, 0.5) is 10.1 Å². The van der Waals surface area contributed by atoms with E-state index in [1.807, 2.05) is 30.3 Å². The largest absolute Gasteiger partial charge is 0.322 e. The molecule has 0 unspecified atom stereocenters. The lowest BCUT2D eigenvalue weighted by molar-refractivity contribution is -0.116. The van der Waals surface area contributed by atoms with Crippen LogP contribution in [0.2, 0.25) is 0 Å². The van der Waals surface area contributed by atoms with Crippen molar-refractivity contribution >= 4 is 53.5 Å². The number of hydrogen-bond acceptors (Lipinski definition) is 3. The van der Waals surface area contributed by atoms with Gasteiger partial charge in [0, 0.05) is 15.5 Å². The number of carbonyl (C=O) groups excluding carboxylic acids is 1. The number of sulfonamides is 1. The summed E-state index contributed by atoms with van der Waals surface area (Å²) in [5.74, 6) is -1.25. The smallest absolute Gasteiger partial charge is 0.243 e. The summed E-state index contributed by atoms with van der Waals surface area (Å²) in [6, 6.07) is 19.8. The molecular weight excluding hydrogens is 551 g/mol. The molecule has 0 aliphatic carbocycles. The van der Waals surface area contributed by atoms with Gasteiger partial charge in [0.2, 0.25) is 15.9 Å². The monoisotopic (exact) mass is 568 g/mol. The molecule has 3 rings (SSSR count). The number of halogens is 3. The minimum absolute atomic E-state index is 0.0164. The SMILES string of the molecule is O=C(CN(CCc1ccccc1)S(=O)(=O)c1ccc(Br)cc1)Nc1ccc(Br)cc1F. The second-order valence-electron chi connectivity index (χ2n) is 6.70. The minimum atomic E-state index is -3.94. The second kappa shape index (κ2) is 10.5. The highest BCUT2D eigenvalue weighted by atomic mass is 79.9. The van der Waals surface area contributed by atoms with Crippen molar-refractivity contribution in [3.05, 3.63) is 93.1 Å². The molecule has 0 aliphatic rings. The normalized spacial score (nSPS) is 11.5. The van der Waals surface area contributed by atoms with Crippen molar-refractivity contribution in [1.82, 2.24) is 4.31 Å². The molecule has 0 heterocycles. The Morgan fingerprint density at radius 1 is 0.935 bits per heavy atom. The van der Waals surface area contributed by atoms with Crippen LogP contribution in [0.3, 0.4) is 0 Å². The number of nitrogens with one attached hydrogen (secondary N) is 1. The summed E-state index contributed by atoms with van der Waals surface area (Å²) in [6.45, 7) is -0.348. The molecule has 0 aromatic heterocycles. The van der Waals surface area contributed by atoms with Gasteiger partial charge in [-0.1, -0.05) is 62.2 Å². The fourth-order valence-electron chi connectivity index (χ4n) is 2.88. The molecule has 162 valence electrons. The molecule has 0 aliphatic heterocycles. The number of benzene rings is 3. The van der Waals surface area contributed by atoms with Gasteiger partial charge in [-0.15, -0.1) is 0 Å². The van der Waals surface area contributed by atoms with Crippen LogP contribution in [0.5, 0.6) is 0 Å². The quantitative estimate of drug-likeness (QED) is 0.404. The third-order valence-electron chi connectivity index (χ3n) is 4.47. The molecule has 0 saturated heterocycles. The van der Waals surface area contributed by atoms with Crippen molar-refractivity contribution in [2.24, 2.45) is 0 Å². The molecule has 5 nitrogen and oxygen atoms in total. The lowest BCUT2D eigenvalue weighted by Gasteiger charge is -2.22. The van der Waals surface area contributed by atoms with Gasteiger partial charge in [0.1, 0.15) is 5.82 Å². The Labute approximate surface area is 197 Å². The minimum Gasteiger partial charge on any atom is -0.322 e. The van der Waals surface area contributed by atoms with Crippen LogP contribution >= 0.6 is 31.9 Å². The average molecular weight is 570 g/mol. The highest BCUT2D eigenvalue weighted by molar-refractivity contribution is 9.10. The topological polar surface area (TPSA) is 66.5 Å². The molecular formula is C22H19Br2FN2O3S. The maximum Gasteiger partial charge on any atom is 0.243 e. The Morgan fingerprint density at radius 2 is 1.58 bits per heavy atom. The first kappa shape index (κ1) is 23.6. The Balaban J connectivity index is 1.82. The number of carbonyl (C=O) groups is 1. The van der Waals surface area contributed by atoms with Gasteiger partial charge in [-0.25, -0.2) is 12.8 Å². The first-order valence-corrected chi connectivity index (χ1v) is 12.3. The summed E-state index contributed by atoms with van der Waals surface area (Å²) in [7, 11) is -3.94. The molecule has 3 aromatic carbocycles. The van der Waals surface area contributed by atoms with E-state index in [4.69, 9.17) is 0 Å². The summed E-state index contributed by atoms with van der Waals surface area (Å²) in [6.07, 6.45) is 0.427. The van der Waals surface area contributed by atoms with Crippen LogP contribution in [0.15, 0.2) is 86.6 Å². The van der Waals surface area contributed by atoms with Gasteiger partial charge in [0.25, 0.3) is 0 Å². The van der Waals surface area contributed by atoms with Crippen molar-refractivity contribution in [2.45, 2.75) is 11.3 Å². The van der Waals surface area contributed by atoms with Gasteiger partial charge >= 0.3 is 0 Å². The summed E-state index contributed by atoms with van der Waals surface area (Å²) >= 11 is 6.45. The second-order valence-corrected chi connectivity index (χ2v) is 10.5. The van der Waals surface area contributed by atoms with Crippen LogP contribution in [0.25, 0.3) is 0 Å². The van der Waals surface area contributed by atoms with Crippen LogP contribution in [-0.2, 0) is 21.2 Å².